The third-order valence-corrected chi connectivity index (χ3v) is 4.10. The van der Waals surface area contributed by atoms with Gasteiger partial charge in [-0.05, 0) is 24.0 Å². The van der Waals surface area contributed by atoms with E-state index in [1.54, 1.807) is 0 Å². The molecule has 0 saturated heterocycles. The van der Waals surface area contributed by atoms with Crippen molar-refractivity contribution >= 4 is 5.97 Å². The standard InChI is InChI=1S/C17H18N2O5/c1-22-13-9-14(23-2)19-17(18-13)24-15(16(20)21)12-8-7-10-5-3-4-6-11(10)12/h3-6,9,12,15H,7-8H2,1-2H3,(H,20,21). The highest BCUT2D eigenvalue weighted by molar-refractivity contribution is 5.74. The van der Waals surface area contributed by atoms with Gasteiger partial charge in [0.15, 0.2) is 0 Å². The number of carboxylic acids is 1. The number of nitrogens with zero attached hydrogens (tertiary/aromatic N) is 2. The lowest BCUT2D eigenvalue weighted by atomic mass is 9.95. The Balaban J connectivity index is 1.90. The zero-order chi connectivity index (χ0) is 17.1. The summed E-state index contributed by atoms with van der Waals surface area (Å²) in [5.41, 5.74) is 2.15. The minimum atomic E-state index is -1.08. The lowest BCUT2D eigenvalue weighted by Crippen LogP contribution is -2.33. The molecule has 0 spiro atoms. The van der Waals surface area contributed by atoms with Crippen LogP contribution in [0, 0.1) is 0 Å². The Morgan fingerprint density at radius 3 is 2.50 bits per heavy atom. The molecule has 0 fully saturated rings. The first-order valence-electron chi connectivity index (χ1n) is 7.56. The summed E-state index contributed by atoms with van der Waals surface area (Å²) in [4.78, 5) is 19.9. The van der Waals surface area contributed by atoms with Gasteiger partial charge in [0.2, 0.25) is 17.9 Å². The van der Waals surface area contributed by atoms with Gasteiger partial charge < -0.3 is 19.3 Å². The predicted molar refractivity (Wildman–Crippen MR) is 84.7 cm³/mol. The molecule has 2 unspecified atom stereocenters. The van der Waals surface area contributed by atoms with Gasteiger partial charge in [0.1, 0.15) is 0 Å². The largest absolute Gasteiger partial charge is 0.481 e. The fourth-order valence-electron chi connectivity index (χ4n) is 2.97. The molecule has 0 aliphatic heterocycles. The first kappa shape index (κ1) is 16.0. The predicted octanol–water partition coefficient (Wildman–Crippen LogP) is 2.06. The maximum Gasteiger partial charge on any atom is 0.345 e. The zero-order valence-electron chi connectivity index (χ0n) is 13.4. The Morgan fingerprint density at radius 2 is 1.88 bits per heavy atom. The molecule has 0 radical (unpaired) electrons. The average Bonchev–Trinajstić information content (AvgIpc) is 3.02. The number of aliphatic carboxylic acids is 1. The second-order valence-electron chi connectivity index (χ2n) is 5.46. The van der Waals surface area contributed by atoms with Crippen molar-refractivity contribution in [3.8, 4) is 17.8 Å². The van der Waals surface area contributed by atoms with Gasteiger partial charge >= 0.3 is 12.0 Å². The van der Waals surface area contributed by atoms with E-state index in [0.29, 0.717) is 6.42 Å². The van der Waals surface area contributed by atoms with Crippen LogP contribution >= 0.6 is 0 Å². The molecule has 1 N–H and O–H groups in total. The lowest BCUT2D eigenvalue weighted by molar-refractivity contribution is -0.146. The molecule has 3 rings (SSSR count). The first-order chi connectivity index (χ1) is 11.6. The highest BCUT2D eigenvalue weighted by Gasteiger charge is 2.36. The van der Waals surface area contributed by atoms with Crippen molar-refractivity contribution in [2.45, 2.75) is 24.9 Å². The first-order valence-corrected chi connectivity index (χ1v) is 7.56. The molecular formula is C17H18N2O5. The minimum absolute atomic E-state index is 0.0806. The lowest BCUT2D eigenvalue weighted by Gasteiger charge is -2.21. The number of aromatic nitrogens is 2. The van der Waals surface area contributed by atoms with Crippen LogP contribution in [-0.4, -0.2) is 41.4 Å². The van der Waals surface area contributed by atoms with Crippen molar-refractivity contribution in [1.82, 2.24) is 9.97 Å². The van der Waals surface area contributed by atoms with Crippen molar-refractivity contribution in [2.24, 2.45) is 0 Å². The van der Waals surface area contributed by atoms with Gasteiger partial charge in [0.05, 0.1) is 20.3 Å². The van der Waals surface area contributed by atoms with E-state index in [0.717, 1.165) is 17.5 Å². The van der Waals surface area contributed by atoms with Crippen LogP contribution < -0.4 is 14.2 Å². The van der Waals surface area contributed by atoms with Crippen molar-refractivity contribution in [2.75, 3.05) is 14.2 Å². The van der Waals surface area contributed by atoms with Gasteiger partial charge in [0.25, 0.3) is 0 Å². The SMILES string of the molecule is COc1cc(OC)nc(OC(C(=O)O)C2CCc3ccccc32)n1. The molecule has 7 nitrogen and oxygen atoms in total. The molecule has 1 aliphatic rings. The van der Waals surface area contributed by atoms with Crippen LogP contribution in [-0.2, 0) is 11.2 Å². The molecule has 2 aromatic rings. The van der Waals surface area contributed by atoms with E-state index in [-0.39, 0.29) is 23.7 Å². The fraction of sp³-hybridized carbons (Fsp3) is 0.353. The molecule has 1 heterocycles. The minimum Gasteiger partial charge on any atom is -0.481 e. The van der Waals surface area contributed by atoms with E-state index in [1.165, 1.54) is 20.3 Å². The second-order valence-corrected chi connectivity index (χ2v) is 5.46. The number of benzene rings is 1. The topological polar surface area (TPSA) is 90.8 Å². The van der Waals surface area contributed by atoms with Gasteiger partial charge in [-0.1, -0.05) is 24.3 Å². The molecule has 1 aliphatic carbocycles. The molecular weight excluding hydrogens is 312 g/mol. The maximum absolute atomic E-state index is 11.8. The van der Waals surface area contributed by atoms with Crippen LogP contribution in [0.4, 0.5) is 0 Å². The van der Waals surface area contributed by atoms with Crippen LogP contribution in [0.1, 0.15) is 23.5 Å². The molecule has 1 aromatic heterocycles. The molecule has 0 amide bonds. The summed E-state index contributed by atoms with van der Waals surface area (Å²) < 4.78 is 15.7. The van der Waals surface area contributed by atoms with Crippen molar-refractivity contribution in [3.63, 3.8) is 0 Å². The Kier molecular flexibility index (Phi) is 4.50. The van der Waals surface area contributed by atoms with Crippen molar-refractivity contribution < 1.29 is 24.1 Å². The van der Waals surface area contributed by atoms with Crippen LogP contribution in [0.3, 0.4) is 0 Å². The van der Waals surface area contributed by atoms with Crippen LogP contribution in [0.15, 0.2) is 30.3 Å². The van der Waals surface area contributed by atoms with Gasteiger partial charge in [-0.3, -0.25) is 0 Å². The van der Waals surface area contributed by atoms with Crippen molar-refractivity contribution in [3.05, 3.63) is 41.5 Å². The molecule has 0 saturated carbocycles. The average molecular weight is 330 g/mol. The third-order valence-electron chi connectivity index (χ3n) is 4.10. The number of hydrogen-bond acceptors (Lipinski definition) is 6. The van der Waals surface area contributed by atoms with E-state index < -0.39 is 12.1 Å². The highest BCUT2D eigenvalue weighted by atomic mass is 16.5. The quantitative estimate of drug-likeness (QED) is 0.867. The summed E-state index contributed by atoms with van der Waals surface area (Å²) in [6.07, 6.45) is 0.457. The number of rotatable bonds is 6. The molecule has 2 atom stereocenters. The van der Waals surface area contributed by atoms with E-state index >= 15 is 0 Å². The molecule has 7 heteroatoms. The fourth-order valence-corrected chi connectivity index (χ4v) is 2.97. The summed E-state index contributed by atoms with van der Waals surface area (Å²) in [6, 6.07) is 9.23. The van der Waals surface area contributed by atoms with E-state index in [1.807, 2.05) is 24.3 Å². The number of fused-ring (bicyclic) bond motifs is 1. The summed E-state index contributed by atoms with van der Waals surface area (Å²) in [7, 11) is 2.90. The smallest absolute Gasteiger partial charge is 0.345 e. The summed E-state index contributed by atoms with van der Waals surface area (Å²) >= 11 is 0. The summed E-state index contributed by atoms with van der Waals surface area (Å²) in [6.45, 7) is 0. The summed E-state index contributed by atoms with van der Waals surface area (Å²) in [5, 5.41) is 9.63. The maximum atomic E-state index is 11.8. The summed E-state index contributed by atoms with van der Waals surface area (Å²) in [5.74, 6) is -0.817. The monoisotopic (exact) mass is 330 g/mol. The molecule has 1 aromatic carbocycles. The number of carbonyl (C=O) groups is 1. The molecule has 24 heavy (non-hydrogen) atoms. The van der Waals surface area contributed by atoms with Crippen LogP contribution in [0.2, 0.25) is 0 Å². The molecule has 126 valence electrons. The van der Waals surface area contributed by atoms with Crippen molar-refractivity contribution in [1.29, 1.82) is 0 Å². The number of ether oxygens (including phenoxy) is 3. The normalized spacial score (nSPS) is 17.0. The zero-order valence-corrected chi connectivity index (χ0v) is 13.4. The Morgan fingerprint density at radius 1 is 1.21 bits per heavy atom. The number of methoxy groups -OCH3 is 2. The Hall–Kier alpha value is -2.83. The van der Waals surface area contributed by atoms with Crippen LogP contribution in [0.25, 0.3) is 0 Å². The molecule has 0 bridgehead atoms. The number of aryl methyl sites for hydroxylation is 1. The van der Waals surface area contributed by atoms with Crippen LogP contribution in [0.5, 0.6) is 17.8 Å². The van der Waals surface area contributed by atoms with E-state index in [4.69, 9.17) is 14.2 Å². The number of carboxylic acid groups (broad SMARTS) is 1. The van der Waals surface area contributed by atoms with Gasteiger partial charge in [-0.25, -0.2) is 4.79 Å². The Labute approximate surface area is 139 Å². The second kappa shape index (κ2) is 6.74. The number of hydrogen-bond donors (Lipinski definition) is 1. The van der Waals surface area contributed by atoms with E-state index in [9.17, 15) is 9.90 Å². The third kappa shape index (κ3) is 3.10. The Bertz CT molecular complexity index is 727. The highest BCUT2D eigenvalue weighted by Crippen LogP contribution is 2.37. The van der Waals surface area contributed by atoms with Gasteiger partial charge in [-0.2, -0.15) is 9.97 Å². The van der Waals surface area contributed by atoms with Gasteiger partial charge in [-0.15, -0.1) is 0 Å². The van der Waals surface area contributed by atoms with E-state index in [2.05, 4.69) is 9.97 Å². The van der Waals surface area contributed by atoms with Gasteiger partial charge in [0, 0.05) is 5.92 Å².